The molecule has 2 N–H and O–H groups in total. The lowest BCUT2D eigenvalue weighted by Crippen LogP contribution is -2.21. The molecule has 0 amide bonds. The van der Waals surface area contributed by atoms with Gasteiger partial charge < -0.3 is 5.73 Å². The summed E-state index contributed by atoms with van der Waals surface area (Å²) in [6, 6.07) is 3.97. The predicted molar refractivity (Wildman–Crippen MR) is 56.8 cm³/mol. The van der Waals surface area contributed by atoms with Gasteiger partial charge in [-0.3, -0.25) is 0 Å². The van der Waals surface area contributed by atoms with Crippen LogP contribution < -0.4 is 5.73 Å². The lowest BCUT2D eigenvalue weighted by Gasteiger charge is -2.17. The number of halogens is 1. The van der Waals surface area contributed by atoms with Crippen LogP contribution in [0.2, 0.25) is 5.15 Å². The standard InChI is InChI=1S/C10H12ClN3/c11-10-6-5-9(13-14-10)7-1-3-8(12)4-2-7/h1,5-6,8H,2-4,12H2. The highest BCUT2D eigenvalue weighted by molar-refractivity contribution is 6.29. The zero-order valence-electron chi connectivity index (χ0n) is 7.78. The Morgan fingerprint density at radius 1 is 1.36 bits per heavy atom. The minimum absolute atomic E-state index is 0.305. The monoisotopic (exact) mass is 209 g/mol. The molecule has 0 fully saturated rings. The van der Waals surface area contributed by atoms with E-state index in [0.29, 0.717) is 11.2 Å². The fourth-order valence-electron chi connectivity index (χ4n) is 1.57. The topological polar surface area (TPSA) is 51.8 Å². The summed E-state index contributed by atoms with van der Waals surface area (Å²) >= 11 is 5.66. The molecule has 0 bridgehead atoms. The van der Waals surface area contributed by atoms with Gasteiger partial charge in [-0.2, -0.15) is 0 Å². The summed E-state index contributed by atoms with van der Waals surface area (Å²) in [5, 5.41) is 8.28. The molecular formula is C10H12ClN3. The van der Waals surface area contributed by atoms with Crippen molar-refractivity contribution in [3.05, 3.63) is 29.1 Å². The van der Waals surface area contributed by atoms with Crippen LogP contribution in [0.25, 0.3) is 5.57 Å². The molecule has 3 nitrogen and oxygen atoms in total. The Morgan fingerprint density at radius 2 is 2.21 bits per heavy atom. The Hall–Kier alpha value is -0.930. The maximum Gasteiger partial charge on any atom is 0.151 e. The van der Waals surface area contributed by atoms with Crippen LogP contribution in [-0.4, -0.2) is 16.2 Å². The highest BCUT2D eigenvalue weighted by Gasteiger charge is 2.12. The van der Waals surface area contributed by atoms with Gasteiger partial charge in [0.15, 0.2) is 5.15 Å². The minimum atomic E-state index is 0.305. The van der Waals surface area contributed by atoms with Gasteiger partial charge >= 0.3 is 0 Å². The van der Waals surface area contributed by atoms with E-state index in [-0.39, 0.29) is 0 Å². The van der Waals surface area contributed by atoms with E-state index in [4.69, 9.17) is 17.3 Å². The van der Waals surface area contributed by atoms with E-state index in [2.05, 4.69) is 16.3 Å². The molecule has 0 radical (unpaired) electrons. The van der Waals surface area contributed by atoms with Crippen LogP contribution in [0.4, 0.5) is 0 Å². The molecular weight excluding hydrogens is 198 g/mol. The van der Waals surface area contributed by atoms with E-state index >= 15 is 0 Å². The molecule has 1 aromatic rings. The molecule has 1 heterocycles. The Kier molecular flexibility index (Phi) is 2.79. The van der Waals surface area contributed by atoms with Gasteiger partial charge in [-0.25, -0.2) is 0 Å². The van der Waals surface area contributed by atoms with E-state index in [9.17, 15) is 0 Å². The summed E-state index contributed by atoms with van der Waals surface area (Å²) in [4.78, 5) is 0. The predicted octanol–water partition coefficient (Wildman–Crippen LogP) is 2.02. The van der Waals surface area contributed by atoms with Gasteiger partial charge in [-0.15, -0.1) is 10.2 Å². The van der Waals surface area contributed by atoms with Crippen molar-refractivity contribution in [2.45, 2.75) is 25.3 Å². The first-order valence-corrected chi connectivity index (χ1v) is 5.08. The third kappa shape index (κ3) is 2.11. The number of rotatable bonds is 1. The lowest BCUT2D eigenvalue weighted by molar-refractivity contribution is 0.613. The van der Waals surface area contributed by atoms with E-state index in [1.807, 2.05) is 6.07 Å². The number of nitrogens with two attached hydrogens (primary N) is 1. The number of allylic oxidation sites excluding steroid dienone is 1. The van der Waals surface area contributed by atoms with Gasteiger partial charge in [0.05, 0.1) is 5.69 Å². The molecule has 1 aliphatic carbocycles. The van der Waals surface area contributed by atoms with Crippen molar-refractivity contribution < 1.29 is 0 Å². The van der Waals surface area contributed by atoms with Gasteiger partial charge in [0.25, 0.3) is 0 Å². The van der Waals surface area contributed by atoms with Crippen molar-refractivity contribution in [1.29, 1.82) is 0 Å². The molecule has 0 saturated carbocycles. The Bertz CT molecular complexity index is 345. The summed E-state index contributed by atoms with van der Waals surface area (Å²) in [6.07, 6.45) is 5.08. The van der Waals surface area contributed by atoms with E-state index in [1.165, 1.54) is 5.57 Å². The average Bonchev–Trinajstić information content (AvgIpc) is 2.21. The fourth-order valence-corrected chi connectivity index (χ4v) is 1.68. The number of nitrogens with zero attached hydrogens (tertiary/aromatic N) is 2. The third-order valence-corrected chi connectivity index (χ3v) is 2.61. The summed E-state index contributed by atoms with van der Waals surface area (Å²) in [5.41, 5.74) is 7.95. The molecule has 0 spiro atoms. The van der Waals surface area contributed by atoms with E-state index in [1.54, 1.807) is 6.07 Å². The van der Waals surface area contributed by atoms with Crippen molar-refractivity contribution in [2.75, 3.05) is 0 Å². The second kappa shape index (κ2) is 4.07. The first-order chi connectivity index (χ1) is 6.75. The summed E-state index contributed by atoms with van der Waals surface area (Å²) in [5.74, 6) is 0. The SMILES string of the molecule is NC1CC=C(c2ccc(Cl)nn2)CC1. The second-order valence-corrected chi connectivity index (χ2v) is 3.89. The number of hydrogen-bond acceptors (Lipinski definition) is 3. The molecule has 1 aromatic heterocycles. The maximum absolute atomic E-state index is 5.80. The molecule has 1 aliphatic rings. The Balaban J connectivity index is 2.19. The first kappa shape index (κ1) is 9.62. The molecule has 1 atom stereocenters. The van der Waals surface area contributed by atoms with Gasteiger partial charge in [0.1, 0.15) is 0 Å². The van der Waals surface area contributed by atoms with Gasteiger partial charge in [-0.05, 0) is 37.0 Å². The summed E-state index contributed by atoms with van der Waals surface area (Å²) < 4.78 is 0. The lowest BCUT2D eigenvalue weighted by atomic mass is 9.94. The highest BCUT2D eigenvalue weighted by atomic mass is 35.5. The summed E-state index contributed by atoms with van der Waals surface area (Å²) in [7, 11) is 0. The first-order valence-electron chi connectivity index (χ1n) is 4.70. The smallest absolute Gasteiger partial charge is 0.151 e. The Morgan fingerprint density at radius 3 is 2.79 bits per heavy atom. The number of hydrogen-bond donors (Lipinski definition) is 1. The van der Waals surface area contributed by atoms with Crippen LogP contribution in [0.1, 0.15) is 25.0 Å². The molecule has 1 unspecified atom stereocenters. The normalized spacial score (nSPS) is 21.9. The molecule has 74 valence electrons. The molecule has 14 heavy (non-hydrogen) atoms. The second-order valence-electron chi connectivity index (χ2n) is 3.51. The largest absolute Gasteiger partial charge is 0.327 e. The Labute approximate surface area is 88.0 Å². The maximum atomic E-state index is 5.80. The van der Waals surface area contributed by atoms with Gasteiger partial charge in [0.2, 0.25) is 0 Å². The van der Waals surface area contributed by atoms with Crippen LogP contribution in [0.3, 0.4) is 0 Å². The highest BCUT2D eigenvalue weighted by Crippen LogP contribution is 2.24. The fraction of sp³-hybridized carbons (Fsp3) is 0.400. The molecule has 2 rings (SSSR count). The van der Waals surface area contributed by atoms with Crippen molar-refractivity contribution >= 4 is 17.2 Å². The average molecular weight is 210 g/mol. The quantitative estimate of drug-likeness (QED) is 0.770. The van der Waals surface area contributed by atoms with E-state index in [0.717, 1.165) is 25.0 Å². The van der Waals surface area contributed by atoms with Crippen LogP contribution in [-0.2, 0) is 0 Å². The molecule has 0 aromatic carbocycles. The van der Waals surface area contributed by atoms with Gasteiger partial charge in [-0.1, -0.05) is 17.7 Å². The van der Waals surface area contributed by atoms with Gasteiger partial charge in [0, 0.05) is 6.04 Å². The van der Waals surface area contributed by atoms with Crippen molar-refractivity contribution in [3.8, 4) is 0 Å². The minimum Gasteiger partial charge on any atom is -0.327 e. The van der Waals surface area contributed by atoms with Crippen molar-refractivity contribution in [3.63, 3.8) is 0 Å². The molecule has 4 heteroatoms. The van der Waals surface area contributed by atoms with Crippen LogP contribution in [0, 0.1) is 0 Å². The molecule has 0 aliphatic heterocycles. The summed E-state index contributed by atoms with van der Waals surface area (Å²) in [6.45, 7) is 0. The van der Waals surface area contributed by atoms with E-state index < -0.39 is 0 Å². The molecule has 0 saturated heterocycles. The zero-order chi connectivity index (χ0) is 9.97. The van der Waals surface area contributed by atoms with Crippen molar-refractivity contribution in [2.24, 2.45) is 5.73 Å². The third-order valence-electron chi connectivity index (χ3n) is 2.41. The number of aromatic nitrogens is 2. The van der Waals surface area contributed by atoms with Crippen molar-refractivity contribution in [1.82, 2.24) is 10.2 Å². The van der Waals surface area contributed by atoms with Crippen LogP contribution in [0.15, 0.2) is 18.2 Å². The zero-order valence-corrected chi connectivity index (χ0v) is 8.54. The van der Waals surface area contributed by atoms with Crippen LogP contribution in [0.5, 0.6) is 0 Å². The van der Waals surface area contributed by atoms with Crippen LogP contribution >= 0.6 is 11.6 Å².